The first kappa shape index (κ1) is 17.3. The summed E-state index contributed by atoms with van der Waals surface area (Å²) in [6.07, 6.45) is 4.36. The molecule has 1 atom stereocenters. The fourth-order valence-electron chi connectivity index (χ4n) is 3.01. The van der Waals surface area contributed by atoms with E-state index in [0.29, 0.717) is 12.6 Å². The third-order valence-corrected chi connectivity index (χ3v) is 4.75. The Balaban J connectivity index is 1.77. The Hall–Kier alpha value is -2.48. The molecule has 1 fully saturated rings. The van der Waals surface area contributed by atoms with Crippen molar-refractivity contribution in [1.82, 2.24) is 30.2 Å². The topological polar surface area (TPSA) is 90.0 Å². The molecule has 0 spiro atoms. The minimum Gasteiger partial charge on any atom is -0.355 e. The van der Waals surface area contributed by atoms with Crippen LogP contribution in [0.1, 0.15) is 34.0 Å². The Morgan fingerprint density at radius 1 is 1.40 bits per heavy atom. The standard InChI is InChI=1S/C17H25N7O/c1-11-12(2)21-15(17(25)19-8-13-7-18-10-20-13)22-16(11)24-6-5-14(9-24)23(3)4/h7,10,14H,5-6,8-9H2,1-4H3,(H,18,20)(H,19,25)/t14-/m1/s1. The average Bonchev–Trinajstić information content (AvgIpc) is 3.26. The number of rotatable bonds is 5. The van der Waals surface area contributed by atoms with Gasteiger partial charge in [-0.25, -0.2) is 15.0 Å². The Bertz CT molecular complexity index is 742. The van der Waals surface area contributed by atoms with Crippen LogP contribution in [0.5, 0.6) is 0 Å². The number of anilines is 1. The van der Waals surface area contributed by atoms with E-state index in [1.54, 1.807) is 12.5 Å². The van der Waals surface area contributed by atoms with E-state index in [2.05, 4.69) is 49.1 Å². The van der Waals surface area contributed by atoms with Crippen LogP contribution in [0.3, 0.4) is 0 Å². The number of imidazole rings is 1. The lowest BCUT2D eigenvalue weighted by molar-refractivity contribution is 0.0940. The molecule has 1 amide bonds. The van der Waals surface area contributed by atoms with Crippen molar-refractivity contribution in [2.75, 3.05) is 32.1 Å². The molecule has 134 valence electrons. The molecular weight excluding hydrogens is 318 g/mol. The number of nitrogens with zero attached hydrogens (tertiary/aromatic N) is 5. The summed E-state index contributed by atoms with van der Waals surface area (Å²) >= 11 is 0. The van der Waals surface area contributed by atoms with Crippen LogP contribution < -0.4 is 10.2 Å². The van der Waals surface area contributed by atoms with Gasteiger partial charge in [0.1, 0.15) is 5.82 Å². The molecule has 3 heterocycles. The van der Waals surface area contributed by atoms with Gasteiger partial charge in [0.15, 0.2) is 0 Å². The zero-order valence-electron chi connectivity index (χ0n) is 15.2. The summed E-state index contributed by atoms with van der Waals surface area (Å²) in [5.74, 6) is 0.803. The molecule has 25 heavy (non-hydrogen) atoms. The molecule has 2 N–H and O–H groups in total. The maximum atomic E-state index is 12.4. The van der Waals surface area contributed by atoms with Crippen molar-refractivity contribution in [3.05, 3.63) is 35.3 Å². The Morgan fingerprint density at radius 3 is 2.84 bits per heavy atom. The predicted molar refractivity (Wildman–Crippen MR) is 95.6 cm³/mol. The van der Waals surface area contributed by atoms with Crippen molar-refractivity contribution >= 4 is 11.7 Å². The number of aromatic nitrogens is 4. The first-order chi connectivity index (χ1) is 12.0. The van der Waals surface area contributed by atoms with Gasteiger partial charge in [-0.3, -0.25) is 4.79 Å². The molecule has 0 aliphatic carbocycles. The largest absolute Gasteiger partial charge is 0.355 e. The summed E-state index contributed by atoms with van der Waals surface area (Å²) in [4.78, 5) is 32.8. The van der Waals surface area contributed by atoms with Crippen molar-refractivity contribution < 1.29 is 4.79 Å². The monoisotopic (exact) mass is 343 g/mol. The molecule has 1 aliphatic heterocycles. The number of aryl methyl sites for hydroxylation is 1. The molecule has 1 saturated heterocycles. The number of aromatic amines is 1. The zero-order chi connectivity index (χ0) is 18.0. The second kappa shape index (κ2) is 7.18. The number of hydrogen-bond donors (Lipinski definition) is 2. The fourth-order valence-corrected chi connectivity index (χ4v) is 3.01. The van der Waals surface area contributed by atoms with Crippen LogP contribution in [0, 0.1) is 13.8 Å². The smallest absolute Gasteiger partial charge is 0.289 e. The van der Waals surface area contributed by atoms with Crippen molar-refractivity contribution in [1.29, 1.82) is 0 Å². The molecule has 0 unspecified atom stereocenters. The van der Waals surface area contributed by atoms with Crippen LogP contribution in [0.25, 0.3) is 0 Å². The lowest BCUT2D eigenvalue weighted by Crippen LogP contribution is -2.33. The van der Waals surface area contributed by atoms with E-state index in [1.165, 1.54) is 0 Å². The quantitative estimate of drug-likeness (QED) is 0.838. The summed E-state index contributed by atoms with van der Waals surface area (Å²) in [5, 5.41) is 2.83. The highest BCUT2D eigenvalue weighted by Gasteiger charge is 2.27. The highest BCUT2D eigenvalue weighted by Crippen LogP contribution is 2.25. The van der Waals surface area contributed by atoms with E-state index in [0.717, 1.165) is 42.3 Å². The third kappa shape index (κ3) is 3.79. The van der Waals surface area contributed by atoms with Gasteiger partial charge in [0.25, 0.3) is 5.91 Å². The number of nitrogens with one attached hydrogen (secondary N) is 2. The van der Waals surface area contributed by atoms with Gasteiger partial charge >= 0.3 is 0 Å². The number of H-pyrrole nitrogens is 1. The van der Waals surface area contributed by atoms with E-state index in [-0.39, 0.29) is 11.7 Å². The second-order valence-corrected chi connectivity index (χ2v) is 6.69. The second-order valence-electron chi connectivity index (χ2n) is 6.69. The molecule has 0 bridgehead atoms. The van der Waals surface area contributed by atoms with E-state index < -0.39 is 0 Å². The van der Waals surface area contributed by atoms with Crippen molar-refractivity contribution in [3.63, 3.8) is 0 Å². The van der Waals surface area contributed by atoms with Crippen molar-refractivity contribution in [3.8, 4) is 0 Å². The number of carbonyl (C=O) groups excluding carboxylic acids is 1. The van der Waals surface area contributed by atoms with Gasteiger partial charge in [0.05, 0.1) is 18.6 Å². The number of likely N-dealkylation sites (N-methyl/N-ethyl adjacent to an activating group) is 1. The molecule has 0 radical (unpaired) electrons. The Kier molecular flexibility index (Phi) is 4.98. The normalized spacial score (nSPS) is 17.3. The lowest BCUT2D eigenvalue weighted by Gasteiger charge is -2.23. The first-order valence-electron chi connectivity index (χ1n) is 8.47. The van der Waals surface area contributed by atoms with E-state index >= 15 is 0 Å². The molecule has 3 rings (SSSR count). The predicted octanol–water partition coefficient (Wildman–Crippen LogP) is 0.887. The van der Waals surface area contributed by atoms with Gasteiger partial charge < -0.3 is 20.1 Å². The van der Waals surface area contributed by atoms with Crippen LogP contribution >= 0.6 is 0 Å². The molecule has 2 aromatic heterocycles. The summed E-state index contributed by atoms with van der Waals surface area (Å²) in [6, 6.07) is 0.507. The van der Waals surface area contributed by atoms with Gasteiger partial charge in [-0.2, -0.15) is 0 Å². The summed E-state index contributed by atoms with van der Waals surface area (Å²) in [6.45, 7) is 6.16. The molecular formula is C17H25N7O. The maximum Gasteiger partial charge on any atom is 0.289 e. The van der Waals surface area contributed by atoms with Crippen LogP contribution in [-0.2, 0) is 6.54 Å². The minimum absolute atomic E-state index is 0.214. The van der Waals surface area contributed by atoms with Crippen LogP contribution in [0.15, 0.2) is 12.5 Å². The maximum absolute atomic E-state index is 12.4. The van der Waals surface area contributed by atoms with Crippen LogP contribution in [0.2, 0.25) is 0 Å². The molecule has 0 aromatic carbocycles. The van der Waals surface area contributed by atoms with Gasteiger partial charge in [-0.1, -0.05) is 0 Å². The zero-order valence-corrected chi connectivity index (χ0v) is 15.2. The van der Waals surface area contributed by atoms with E-state index in [9.17, 15) is 4.79 Å². The van der Waals surface area contributed by atoms with E-state index in [4.69, 9.17) is 0 Å². The molecule has 8 heteroatoms. The molecule has 0 saturated carbocycles. The summed E-state index contributed by atoms with van der Waals surface area (Å²) in [7, 11) is 4.20. The Labute approximate surface area is 147 Å². The highest BCUT2D eigenvalue weighted by molar-refractivity contribution is 5.90. The van der Waals surface area contributed by atoms with Crippen LogP contribution in [0.4, 0.5) is 5.82 Å². The van der Waals surface area contributed by atoms with Gasteiger partial charge in [-0.15, -0.1) is 0 Å². The highest BCUT2D eigenvalue weighted by atomic mass is 16.2. The van der Waals surface area contributed by atoms with Gasteiger partial charge in [-0.05, 0) is 34.4 Å². The van der Waals surface area contributed by atoms with E-state index in [1.807, 2.05) is 13.8 Å². The minimum atomic E-state index is -0.276. The molecule has 8 nitrogen and oxygen atoms in total. The first-order valence-corrected chi connectivity index (χ1v) is 8.47. The van der Waals surface area contributed by atoms with Crippen LogP contribution in [-0.4, -0.2) is 64.0 Å². The molecule has 2 aromatic rings. The summed E-state index contributed by atoms with van der Waals surface area (Å²) < 4.78 is 0. The lowest BCUT2D eigenvalue weighted by atomic mass is 10.2. The van der Waals surface area contributed by atoms with Crippen molar-refractivity contribution in [2.45, 2.75) is 32.9 Å². The fraction of sp³-hybridized carbons (Fsp3) is 0.529. The summed E-state index contributed by atoms with van der Waals surface area (Å²) in [5.41, 5.74) is 2.71. The number of hydrogen-bond acceptors (Lipinski definition) is 6. The number of carbonyl (C=O) groups is 1. The Morgan fingerprint density at radius 2 is 2.20 bits per heavy atom. The molecule has 1 aliphatic rings. The van der Waals surface area contributed by atoms with Gasteiger partial charge in [0.2, 0.25) is 5.82 Å². The van der Waals surface area contributed by atoms with Gasteiger partial charge in [0, 0.05) is 36.6 Å². The van der Waals surface area contributed by atoms with Crippen molar-refractivity contribution in [2.24, 2.45) is 0 Å². The SMILES string of the molecule is Cc1nc(C(=O)NCc2cnc[nH]2)nc(N2CC[C@@H](N(C)C)C2)c1C. The third-order valence-electron chi connectivity index (χ3n) is 4.75. The average molecular weight is 343 g/mol. The number of amides is 1.